The molecule has 0 radical (unpaired) electrons. The third-order valence-electron chi connectivity index (χ3n) is 2.00. The molecule has 16 heavy (non-hydrogen) atoms. The van der Waals surface area contributed by atoms with E-state index in [4.69, 9.17) is 5.73 Å². The van der Waals surface area contributed by atoms with E-state index in [0.717, 1.165) is 12.1 Å². The largest absolute Gasteiger partial charge is 0.390 e. The molecule has 1 aromatic carbocycles. The minimum absolute atomic E-state index is 0.147. The molecule has 0 aliphatic heterocycles. The van der Waals surface area contributed by atoms with Crippen molar-refractivity contribution in [1.29, 1.82) is 0 Å². The molecule has 1 amide bonds. The fraction of sp³-hybridized carbons (Fsp3) is 0.300. The van der Waals surface area contributed by atoms with Gasteiger partial charge in [0, 0.05) is 6.07 Å². The van der Waals surface area contributed by atoms with E-state index in [-0.39, 0.29) is 5.56 Å². The Balaban J connectivity index is 2.86. The second-order valence-corrected chi connectivity index (χ2v) is 3.39. The molecule has 0 aliphatic rings. The third-order valence-corrected chi connectivity index (χ3v) is 2.00. The second-order valence-electron chi connectivity index (χ2n) is 3.39. The maximum Gasteiger partial charge on any atom is 0.220 e. The molecule has 0 aromatic heterocycles. The van der Waals surface area contributed by atoms with Gasteiger partial charge in [-0.15, -0.1) is 0 Å². The molecule has 0 saturated heterocycles. The van der Waals surface area contributed by atoms with Gasteiger partial charge >= 0.3 is 0 Å². The summed E-state index contributed by atoms with van der Waals surface area (Å²) in [6, 6.07) is 2.38. The van der Waals surface area contributed by atoms with E-state index in [1.54, 1.807) is 0 Å². The number of halogens is 2. The Morgan fingerprint density at radius 2 is 1.75 bits per heavy atom. The van der Waals surface area contributed by atoms with Gasteiger partial charge in [0.15, 0.2) is 0 Å². The van der Waals surface area contributed by atoms with Gasteiger partial charge in [0.1, 0.15) is 17.7 Å². The van der Waals surface area contributed by atoms with Crippen LogP contribution in [-0.4, -0.2) is 22.2 Å². The SMILES string of the molecule is NC(=O)CC(O)C(O)c1cc(F)cc(F)c1. The molecule has 0 spiro atoms. The van der Waals surface area contributed by atoms with Crippen molar-refractivity contribution >= 4 is 5.91 Å². The number of nitrogens with two attached hydrogens (primary N) is 1. The van der Waals surface area contributed by atoms with Crippen LogP contribution in [0.2, 0.25) is 0 Å². The summed E-state index contributed by atoms with van der Waals surface area (Å²) in [5.41, 5.74) is 4.66. The van der Waals surface area contributed by atoms with E-state index in [2.05, 4.69) is 0 Å². The first-order valence-corrected chi connectivity index (χ1v) is 4.50. The highest BCUT2D eigenvalue weighted by atomic mass is 19.1. The maximum atomic E-state index is 12.8. The standard InChI is InChI=1S/C10H11F2NO3/c11-6-1-5(2-7(12)3-6)10(16)8(14)4-9(13)15/h1-3,8,10,14,16H,4H2,(H2,13,15). The molecule has 88 valence electrons. The van der Waals surface area contributed by atoms with E-state index in [0.29, 0.717) is 6.07 Å². The summed E-state index contributed by atoms with van der Waals surface area (Å²) < 4.78 is 25.6. The Morgan fingerprint density at radius 3 is 2.19 bits per heavy atom. The number of benzene rings is 1. The Bertz CT molecular complexity index is 377. The second kappa shape index (κ2) is 5.00. The van der Waals surface area contributed by atoms with Gasteiger partial charge in [0.05, 0.1) is 12.5 Å². The van der Waals surface area contributed by atoms with Gasteiger partial charge in [-0.3, -0.25) is 4.79 Å². The number of rotatable bonds is 4. The Morgan fingerprint density at radius 1 is 1.25 bits per heavy atom. The predicted octanol–water partition coefficient (Wildman–Crippen LogP) is 0.234. The van der Waals surface area contributed by atoms with Gasteiger partial charge in [0.25, 0.3) is 0 Å². The van der Waals surface area contributed by atoms with Crippen molar-refractivity contribution in [2.45, 2.75) is 18.6 Å². The highest BCUT2D eigenvalue weighted by Crippen LogP contribution is 2.20. The lowest BCUT2D eigenvalue weighted by Gasteiger charge is -2.16. The van der Waals surface area contributed by atoms with E-state index < -0.39 is 36.2 Å². The lowest BCUT2D eigenvalue weighted by atomic mass is 10.0. The van der Waals surface area contributed by atoms with Crippen molar-refractivity contribution < 1.29 is 23.8 Å². The van der Waals surface area contributed by atoms with Crippen LogP contribution in [0.4, 0.5) is 8.78 Å². The average molecular weight is 231 g/mol. The van der Waals surface area contributed by atoms with Gasteiger partial charge in [-0.2, -0.15) is 0 Å². The number of amides is 1. The topological polar surface area (TPSA) is 83.6 Å². The molecule has 0 bridgehead atoms. The van der Waals surface area contributed by atoms with Crippen LogP contribution >= 0.6 is 0 Å². The smallest absolute Gasteiger partial charge is 0.220 e. The van der Waals surface area contributed by atoms with Gasteiger partial charge in [-0.05, 0) is 17.7 Å². The van der Waals surface area contributed by atoms with Crippen molar-refractivity contribution in [3.8, 4) is 0 Å². The first-order chi connectivity index (χ1) is 7.40. The molecule has 0 fully saturated rings. The lowest BCUT2D eigenvalue weighted by molar-refractivity contribution is -0.121. The summed E-state index contributed by atoms with van der Waals surface area (Å²) in [6.45, 7) is 0. The summed E-state index contributed by atoms with van der Waals surface area (Å²) >= 11 is 0. The van der Waals surface area contributed by atoms with Gasteiger partial charge in [-0.25, -0.2) is 8.78 Å². The van der Waals surface area contributed by atoms with Crippen LogP contribution in [0.1, 0.15) is 18.1 Å². The molecule has 2 unspecified atom stereocenters. The first kappa shape index (κ1) is 12.5. The van der Waals surface area contributed by atoms with E-state index in [9.17, 15) is 23.8 Å². The predicted molar refractivity (Wildman–Crippen MR) is 51.1 cm³/mol. The van der Waals surface area contributed by atoms with Gasteiger partial charge < -0.3 is 15.9 Å². The number of hydrogen-bond acceptors (Lipinski definition) is 3. The quantitative estimate of drug-likeness (QED) is 0.693. The van der Waals surface area contributed by atoms with Crippen LogP contribution in [0, 0.1) is 11.6 Å². The summed E-state index contributed by atoms with van der Waals surface area (Å²) in [5.74, 6) is -2.57. The molecule has 1 aromatic rings. The van der Waals surface area contributed by atoms with Crippen LogP contribution in [0.3, 0.4) is 0 Å². The highest BCUT2D eigenvalue weighted by Gasteiger charge is 2.21. The highest BCUT2D eigenvalue weighted by molar-refractivity contribution is 5.74. The zero-order valence-corrected chi connectivity index (χ0v) is 8.23. The van der Waals surface area contributed by atoms with Crippen molar-refractivity contribution in [3.05, 3.63) is 35.4 Å². The fourth-order valence-corrected chi connectivity index (χ4v) is 1.29. The number of carbonyl (C=O) groups is 1. The van der Waals surface area contributed by atoms with Crippen LogP contribution in [0.25, 0.3) is 0 Å². The third kappa shape index (κ3) is 3.25. The van der Waals surface area contributed by atoms with Crippen LogP contribution < -0.4 is 5.73 Å². The molecule has 1 rings (SSSR count). The van der Waals surface area contributed by atoms with Crippen molar-refractivity contribution in [1.82, 2.24) is 0 Å². The molecule has 0 heterocycles. The molecule has 4 nitrogen and oxygen atoms in total. The normalized spacial score (nSPS) is 14.5. The zero-order chi connectivity index (χ0) is 12.3. The minimum Gasteiger partial charge on any atom is -0.390 e. The monoisotopic (exact) mass is 231 g/mol. The van der Waals surface area contributed by atoms with Crippen LogP contribution in [-0.2, 0) is 4.79 Å². The van der Waals surface area contributed by atoms with Crippen molar-refractivity contribution in [3.63, 3.8) is 0 Å². The van der Waals surface area contributed by atoms with E-state index in [1.165, 1.54) is 0 Å². The summed E-state index contributed by atoms with van der Waals surface area (Å²) in [4.78, 5) is 10.5. The minimum atomic E-state index is -1.56. The van der Waals surface area contributed by atoms with Gasteiger partial charge in [0.2, 0.25) is 5.91 Å². The molecule has 4 N–H and O–H groups in total. The van der Waals surface area contributed by atoms with Crippen molar-refractivity contribution in [2.75, 3.05) is 0 Å². The maximum absolute atomic E-state index is 12.8. The molecular weight excluding hydrogens is 220 g/mol. The Labute approximate surface area is 90.3 Å². The fourth-order valence-electron chi connectivity index (χ4n) is 1.29. The van der Waals surface area contributed by atoms with Crippen LogP contribution in [0.5, 0.6) is 0 Å². The molecular formula is C10H11F2NO3. The van der Waals surface area contributed by atoms with E-state index >= 15 is 0 Å². The summed E-state index contributed by atoms with van der Waals surface area (Å²) in [5, 5.41) is 18.8. The van der Waals surface area contributed by atoms with Crippen molar-refractivity contribution in [2.24, 2.45) is 5.73 Å². The Kier molecular flexibility index (Phi) is 3.92. The molecule has 0 aliphatic carbocycles. The Hall–Kier alpha value is -1.53. The molecule has 0 saturated carbocycles. The first-order valence-electron chi connectivity index (χ1n) is 4.50. The number of carbonyl (C=O) groups excluding carboxylic acids is 1. The number of aliphatic hydroxyl groups is 2. The van der Waals surface area contributed by atoms with Crippen LogP contribution in [0.15, 0.2) is 18.2 Å². The zero-order valence-electron chi connectivity index (χ0n) is 8.23. The number of primary amides is 1. The average Bonchev–Trinajstić information content (AvgIpc) is 2.13. The summed E-state index contributed by atoms with van der Waals surface area (Å²) in [7, 11) is 0. The molecule has 2 atom stereocenters. The van der Waals surface area contributed by atoms with Gasteiger partial charge in [-0.1, -0.05) is 0 Å². The van der Waals surface area contributed by atoms with E-state index in [1.807, 2.05) is 0 Å². The number of hydrogen-bond donors (Lipinski definition) is 3. The number of aliphatic hydroxyl groups excluding tert-OH is 2. The summed E-state index contributed by atoms with van der Waals surface area (Å²) in [6.07, 6.45) is -3.53. The molecule has 6 heteroatoms. The lowest BCUT2D eigenvalue weighted by Crippen LogP contribution is -2.25.